The standard InChI is InChI=1S/C21H28N2O4S2/c1-16(2)23-28(24,25)15-20-10-6-5-9-19(20)14-22-29(26,27)21-12-11-17-7-3-4-8-18(17)13-21/h5-6,9-13,16,22-23H,3-4,7-8,14-15H2,1-2H3. The lowest BCUT2D eigenvalue weighted by Crippen LogP contribution is -2.32. The normalized spacial score (nSPS) is 14.7. The van der Waals surface area contributed by atoms with E-state index in [0.717, 1.165) is 31.2 Å². The molecule has 0 saturated heterocycles. The molecule has 0 aromatic heterocycles. The predicted octanol–water partition coefficient (Wildman–Crippen LogP) is 2.87. The second kappa shape index (κ2) is 8.95. The van der Waals surface area contributed by atoms with Gasteiger partial charge in [-0.1, -0.05) is 30.3 Å². The van der Waals surface area contributed by atoms with Crippen LogP contribution in [-0.4, -0.2) is 22.9 Å². The number of hydrogen-bond donors (Lipinski definition) is 2. The first-order valence-electron chi connectivity index (χ1n) is 9.84. The Morgan fingerprint density at radius 1 is 0.897 bits per heavy atom. The van der Waals surface area contributed by atoms with Crippen molar-refractivity contribution in [1.82, 2.24) is 9.44 Å². The molecule has 158 valence electrons. The van der Waals surface area contributed by atoms with Crippen LogP contribution in [0.3, 0.4) is 0 Å². The summed E-state index contributed by atoms with van der Waals surface area (Å²) in [7, 11) is -7.19. The molecular weight excluding hydrogens is 408 g/mol. The molecule has 2 aromatic rings. The largest absolute Gasteiger partial charge is 0.240 e. The van der Waals surface area contributed by atoms with Gasteiger partial charge in [-0.05, 0) is 73.9 Å². The number of rotatable bonds is 8. The van der Waals surface area contributed by atoms with E-state index in [0.29, 0.717) is 11.1 Å². The highest BCUT2D eigenvalue weighted by molar-refractivity contribution is 7.89. The molecule has 0 radical (unpaired) electrons. The van der Waals surface area contributed by atoms with Gasteiger partial charge in [-0.2, -0.15) is 0 Å². The summed E-state index contributed by atoms with van der Waals surface area (Å²) in [6.45, 7) is 3.55. The van der Waals surface area contributed by atoms with E-state index in [-0.39, 0.29) is 23.2 Å². The molecule has 0 aliphatic heterocycles. The van der Waals surface area contributed by atoms with E-state index in [1.807, 2.05) is 6.07 Å². The molecule has 2 N–H and O–H groups in total. The number of sulfonamides is 2. The first-order valence-corrected chi connectivity index (χ1v) is 13.0. The number of hydrogen-bond acceptors (Lipinski definition) is 4. The van der Waals surface area contributed by atoms with Gasteiger partial charge in [0.2, 0.25) is 20.0 Å². The van der Waals surface area contributed by atoms with Crippen molar-refractivity contribution in [2.24, 2.45) is 0 Å². The molecule has 0 fully saturated rings. The summed E-state index contributed by atoms with van der Waals surface area (Å²) in [5.74, 6) is -0.193. The molecule has 8 heteroatoms. The fraction of sp³-hybridized carbons (Fsp3) is 0.429. The predicted molar refractivity (Wildman–Crippen MR) is 114 cm³/mol. The maximum atomic E-state index is 12.8. The lowest BCUT2D eigenvalue weighted by molar-refractivity contribution is 0.568. The van der Waals surface area contributed by atoms with Crippen molar-refractivity contribution < 1.29 is 16.8 Å². The molecule has 0 bridgehead atoms. The van der Waals surface area contributed by atoms with E-state index in [1.54, 1.807) is 50.2 Å². The van der Waals surface area contributed by atoms with Crippen LogP contribution in [0.25, 0.3) is 0 Å². The first kappa shape index (κ1) is 22.0. The third-order valence-electron chi connectivity index (χ3n) is 4.96. The van der Waals surface area contributed by atoms with E-state index >= 15 is 0 Å². The van der Waals surface area contributed by atoms with Crippen molar-refractivity contribution in [2.75, 3.05) is 0 Å². The lowest BCUT2D eigenvalue weighted by Gasteiger charge is -2.17. The third kappa shape index (κ3) is 5.88. The van der Waals surface area contributed by atoms with E-state index < -0.39 is 20.0 Å². The van der Waals surface area contributed by atoms with Gasteiger partial charge in [0.15, 0.2) is 0 Å². The molecule has 0 spiro atoms. The summed E-state index contributed by atoms with van der Waals surface area (Å²) in [4.78, 5) is 0.254. The van der Waals surface area contributed by atoms with Crippen molar-refractivity contribution in [3.8, 4) is 0 Å². The second-order valence-corrected chi connectivity index (χ2v) is 11.3. The van der Waals surface area contributed by atoms with Crippen LogP contribution >= 0.6 is 0 Å². The van der Waals surface area contributed by atoms with E-state index in [2.05, 4.69) is 9.44 Å². The zero-order valence-electron chi connectivity index (χ0n) is 16.8. The average molecular weight is 437 g/mol. The fourth-order valence-electron chi connectivity index (χ4n) is 3.61. The fourth-order valence-corrected chi connectivity index (χ4v) is 6.16. The molecule has 2 aromatic carbocycles. The zero-order chi connectivity index (χ0) is 21.1. The van der Waals surface area contributed by atoms with Crippen molar-refractivity contribution in [3.05, 3.63) is 64.7 Å². The number of aryl methyl sites for hydroxylation is 2. The monoisotopic (exact) mass is 436 g/mol. The Labute approximate surface area is 173 Å². The van der Waals surface area contributed by atoms with Gasteiger partial charge in [0, 0.05) is 12.6 Å². The Morgan fingerprint density at radius 3 is 2.24 bits per heavy atom. The summed E-state index contributed by atoms with van der Waals surface area (Å²) in [6.07, 6.45) is 4.12. The van der Waals surface area contributed by atoms with E-state index in [4.69, 9.17) is 0 Å². The molecule has 3 rings (SSSR count). The third-order valence-corrected chi connectivity index (χ3v) is 7.88. The van der Waals surface area contributed by atoms with Crippen molar-refractivity contribution >= 4 is 20.0 Å². The highest BCUT2D eigenvalue weighted by Crippen LogP contribution is 2.24. The molecule has 1 aliphatic rings. The topological polar surface area (TPSA) is 92.3 Å². The minimum Gasteiger partial charge on any atom is -0.212 e. The van der Waals surface area contributed by atoms with Crippen molar-refractivity contribution in [3.63, 3.8) is 0 Å². The quantitative estimate of drug-likeness (QED) is 0.666. The van der Waals surface area contributed by atoms with Gasteiger partial charge in [0.25, 0.3) is 0 Å². The highest BCUT2D eigenvalue weighted by atomic mass is 32.2. The SMILES string of the molecule is CC(C)NS(=O)(=O)Cc1ccccc1CNS(=O)(=O)c1ccc2c(c1)CCCC2. The minimum atomic E-state index is -3.69. The Morgan fingerprint density at radius 2 is 1.55 bits per heavy atom. The molecule has 0 heterocycles. The summed E-state index contributed by atoms with van der Waals surface area (Å²) in [6, 6.07) is 12.1. The summed E-state index contributed by atoms with van der Waals surface area (Å²) >= 11 is 0. The minimum absolute atomic E-state index is 0.0345. The van der Waals surface area contributed by atoms with E-state index in [9.17, 15) is 16.8 Å². The molecule has 29 heavy (non-hydrogen) atoms. The summed E-state index contributed by atoms with van der Waals surface area (Å²) < 4.78 is 55.3. The Balaban J connectivity index is 1.76. The summed E-state index contributed by atoms with van der Waals surface area (Å²) in [5, 5.41) is 0. The van der Waals surface area contributed by atoms with E-state index in [1.165, 1.54) is 5.56 Å². The number of benzene rings is 2. The van der Waals surface area contributed by atoms with Gasteiger partial charge in [0.05, 0.1) is 10.6 Å². The highest BCUT2D eigenvalue weighted by Gasteiger charge is 2.19. The smallest absolute Gasteiger partial charge is 0.212 e. The number of fused-ring (bicyclic) bond motifs is 1. The Hall–Kier alpha value is -1.74. The molecule has 0 saturated carbocycles. The van der Waals surface area contributed by atoms with Crippen molar-refractivity contribution in [2.45, 2.75) is 62.8 Å². The van der Waals surface area contributed by atoms with Gasteiger partial charge in [-0.15, -0.1) is 0 Å². The maximum absolute atomic E-state index is 12.8. The van der Waals surface area contributed by atoms with Crippen LogP contribution in [-0.2, 0) is 45.2 Å². The van der Waals surface area contributed by atoms with Crippen LogP contribution in [0.2, 0.25) is 0 Å². The molecule has 0 atom stereocenters. The Kier molecular flexibility index (Phi) is 6.78. The van der Waals surface area contributed by atoms with Crippen LogP contribution in [0.5, 0.6) is 0 Å². The summed E-state index contributed by atoms with van der Waals surface area (Å²) in [5.41, 5.74) is 3.55. The van der Waals surface area contributed by atoms with Crippen LogP contribution in [0.15, 0.2) is 47.4 Å². The molecule has 0 unspecified atom stereocenters. The first-order chi connectivity index (χ1) is 13.7. The average Bonchev–Trinajstić information content (AvgIpc) is 2.65. The van der Waals surface area contributed by atoms with Crippen molar-refractivity contribution in [1.29, 1.82) is 0 Å². The second-order valence-electron chi connectivity index (χ2n) is 7.76. The molecule has 6 nitrogen and oxygen atoms in total. The van der Waals surface area contributed by atoms with Gasteiger partial charge >= 0.3 is 0 Å². The molecular formula is C21H28N2O4S2. The maximum Gasteiger partial charge on any atom is 0.240 e. The van der Waals surface area contributed by atoms with Gasteiger partial charge in [-0.3, -0.25) is 0 Å². The van der Waals surface area contributed by atoms with Crippen LogP contribution < -0.4 is 9.44 Å². The van der Waals surface area contributed by atoms with Crippen LogP contribution in [0, 0.1) is 0 Å². The number of nitrogens with one attached hydrogen (secondary N) is 2. The zero-order valence-corrected chi connectivity index (χ0v) is 18.4. The van der Waals surface area contributed by atoms with Gasteiger partial charge in [0.1, 0.15) is 0 Å². The van der Waals surface area contributed by atoms with Gasteiger partial charge in [-0.25, -0.2) is 26.3 Å². The van der Waals surface area contributed by atoms with Gasteiger partial charge < -0.3 is 0 Å². The lowest BCUT2D eigenvalue weighted by atomic mass is 9.92. The van der Waals surface area contributed by atoms with Crippen LogP contribution in [0.1, 0.15) is 48.9 Å². The molecule has 1 aliphatic carbocycles. The molecule has 0 amide bonds. The Bertz CT molecular complexity index is 1080. The van der Waals surface area contributed by atoms with Crippen LogP contribution in [0.4, 0.5) is 0 Å².